The summed E-state index contributed by atoms with van der Waals surface area (Å²) in [7, 11) is 1.98. The van der Waals surface area contributed by atoms with Crippen molar-refractivity contribution in [1.29, 1.82) is 0 Å². The first-order valence-electron chi connectivity index (χ1n) is 5.81. The summed E-state index contributed by atoms with van der Waals surface area (Å²) in [5.74, 6) is 1.20. The van der Waals surface area contributed by atoms with Crippen LogP contribution in [0.3, 0.4) is 0 Å². The largest absolute Gasteiger partial charge is 0.506 e. The number of phenolic OH excluding ortho intramolecular Hbond substituents is 1. The van der Waals surface area contributed by atoms with E-state index < -0.39 is 0 Å². The molecular formula is C13H16ClN3O. The van der Waals surface area contributed by atoms with E-state index in [-0.39, 0.29) is 5.75 Å². The minimum Gasteiger partial charge on any atom is -0.506 e. The van der Waals surface area contributed by atoms with Crippen molar-refractivity contribution >= 4 is 11.6 Å². The lowest BCUT2D eigenvalue weighted by atomic mass is 10.2. The van der Waals surface area contributed by atoms with E-state index in [1.807, 2.05) is 29.9 Å². The molecule has 0 atom stereocenters. The van der Waals surface area contributed by atoms with E-state index in [9.17, 15) is 5.11 Å². The average molecular weight is 266 g/mol. The number of nitrogens with zero attached hydrogens (tertiary/aromatic N) is 2. The Morgan fingerprint density at radius 1 is 1.44 bits per heavy atom. The molecule has 0 unspecified atom stereocenters. The van der Waals surface area contributed by atoms with Crippen molar-refractivity contribution < 1.29 is 5.11 Å². The number of aromatic nitrogens is 2. The van der Waals surface area contributed by atoms with Gasteiger partial charge < -0.3 is 15.0 Å². The van der Waals surface area contributed by atoms with Crippen LogP contribution in [-0.4, -0.2) is 21.2 Å². The fourth-order valence-electron chi connectivity index (χ4n) is 1.76. The van der Waals surface area contributed by atoms with Gasteiger partial charge in [0, 0.05) is 44.5 Å². The molecule has 0 saturated heterocycles. The van der Waals surface area contributed by atoms with E-state index in [1.54, 1.807) is 12.3 Å². The molecule has 2 N–H and O–H groups in total. The first-order chi connectivity index (χ1) is 8.68. The molecule has 1 heterocycles. The fourth-order valence-corrected chi connectivity index (χ4v) is 1.96. The van der Waals surface area contributed by atoms with Crippen LogP contribution in [0.1, 0.15) is 11.4 Å². The Hall–Kier alpha value is -1.52. The number of hydrogen-bond acceptors (Lipinski definition) is 3. The molecular weight excluding hydrogens is 250 g/mol. The van der Waals surface area contributed by atoms with Crippen molar-refractivity contribution in [3.63, 3.8) is 0 Å². The summed E-state index contributed by atoms with van der Waals surface area (Å²) in [6.07, 6.45) is 4.57. The molecule has 0 fully saturated rings. The number of nitrogens with one attached hydrogen (secondary N) is 1. The zero-order valence-electron chi connectivity index (χ0n) is 10.2. The number of imidazole rings is 1. The van der Waals surface area contributed by atoms with Crippen LogP contribution in [0.15, 0.2) is 30.6 Å². The maximum absolute atomic E-state index is 9.74. The Morgan fingerprint density at radius 3 is 3.00 bits per heavy atom. The fraction of sp³-hybridized carbons (Fsp3) is 0.308. The van der Waals surface area contributed by atoms with Gasteiger partial charge in [-0.1, -0.05) is 23.7 Å². The third-order valence-electron chi connectivity index (χ3n) is 2.83. The summed E-state index contributed by atoms with van der Waals surface area (Å²) in [6, 6.07) is 5.36. The van der Waals surface area contributed by atoms with Crippen LogP contribution in [0, 0.1) is 0 Å². The number of halogens is 1. The number of para-hydroxylation sites is 1. The van der Waals surface area contributed by atoms with Crippen LogP contribution in [0.4, 0.5) is 0 Å². The van der Waals surface area contributed by atoms with E-state index >= 15 is 0 Å². The van der Waals surface area contributed by atoms with Crippen molar-refractivity contribution in [1.82, 2.24) is 14.9 Å². The summed E-state index contributed by atoms with van der Waals surface area (Å²) in [5, 5.41) is 13.4. The van der Waals surface area contributed by atoms with E-state index in [0.717, 1.165) is 24.4 Å². The highest BCUT2D eigenvalue weighted by atomic mass is 35.5. The minimum absolute atomic E-state index is 0.156. The maximum Gasteiger partial charge on any atom is 0.138 e. The lowest BCUT2D eigenvalue weighted by Gasteiger charge is -2.07. The van der Waals surface area contributed by atoms with E-state index in [4.69, 9.17) is 11.6 Å². The Labute approximate surface area is 111 Å². The van der Waals surface area contributed by atoms with E-state index in [0.29, 0.717) is 11.6 Å². The summed E-state index contributed by atoms with van der Waals surface area (Å²) < 4.78 is 2.00. The molecule has 0 spiro atoms. The van der Waals surface area contributed by atoms with Gasteiger partial charge in [0.2, 0.25) is 0 Å². The lowest BCUT2D eigenvalue weighted by Crippen LogP contribution is -2.18. The molecule has 1 aromatic heterocycles. The normalized spacial score (nSPS) is 10.8. The SMILES string of the molecule is Cn1ccnc1CCNCc1cccc(Cl)c1O. The van der Waals surface area contributed by atoms with Crippen LogP contribution in [0.25, 0.3) is 0 Å². The Morgan fingerprint density at radius 2 is 2.28 bits per heavy atom. The third-order valence-corrected chi connectivity index (χ3v) is 3.14. The first kappa shape index (κ1) is 12.9. The van der Waals surface area contributed by atoms with Gasteiger partial charge in [0.15, 0.2) is 0 Å². The molecule has 0 saturated carbocycles. The molecule has 2 aromatic rings. The van der Waals surface area contributed by atoms with Crippen LogP contribution < -0.4 is 5.32 Å². The van der Waals surface area contributed by atoms with Crippen LogP contribution in [0.2, 0.25) is 5.02 Å². The Kier molecular flexibility index (Phi) is 4.23. The zero-order valence-corrected chi connectivity index (χ0v) is 11.0. The molecule has 4 nitrogen and oxygen atoms in total. The lowest BCUT2D eigenvalue weighted by molar-refractivity contribution is 0.464. The van der Waals surface area contributed by atoms with Gasteiger partial charge in [0.25, 0.3) is 0 Å². The van der Waals surface area contributed by atoms with Crippen molar-refractivity contribution in [2.75, 3.05) is 6.54 Å². The molecule has 0 radical (unpaired) electrons. The predicted octanol–water partition coefficient (Wildman–Crippen LogP) is 2.11. The van der Waals surface area contributed by atoms with Crippen molar-refractivity contribution in [3.8, 4) is 5.75 Å². The molecule has 0 bridgehead atoms. The van der Waals surface area contributed by atoms with Gasteiger partial charge in [-0.2, -0.15) is 0 Å². The Bertz CT molecular complexity index is 525. The van der Waals surface area contributed by atoms with E-state index in [1.165, 1.54) is 0 Å². The maximum atomic E-state index is 9.74. The molecule has 1 aromatic carbocycles. The van der Waals surface area contributed by atoms with Crippen LogP contribution >= 0.6 is 11.6 Å². The molecule has 0 aliphatic carbocycles. The molecule has 96 valence electrons. The predicted molar refractivity (Wildman–Crippen MR) is 71.7 cm³/mol. The number of phenols is 1. The molecule has 0 aliphatic rings. The second kappa shape index (κ2) is 5.89. The highest BCUT2D eigenvalue weighted by Crippen LogP contribution is 2.26. The van der Waals surface area contributed by atoms with Crippen molar-refractivity contribution in [2.24, 2.45) is 7.05 Å². The third kappa shape index (κ3) is 3.03. The number of benzene rings is 1. The molecule has 0 amide bonds. The van der Waals surface area contributed by atoms with Gasteiger partial charge in [-0.05, 0) is 6.07 Å². The second-order valence-electron chi connectivity index (χ2n) is 4.13. The van der Waals surface area contributed by atoms with Gasteiger partial charge >= 0.3 is 0 Å². The van der Waals surface area contributed by atoms with Gasteiger partial charge in [0.05, 0.1) is 5.02 Å². The topological polar surface area (TPSA) is 50.1 Å². The van der Waals surface area contributed by atoms with Crippen LogP contribution in [-0.2, 0) is 20.0 Å². The van der Waals surface area contributed by atoms with Crippen molar-refractivity contribution in [3.05, 3.63) is 47.0 Å². The smallest absolute Gasteiger partial charge is 0.138 e. The quantitative estimate of drug-likeness (QED) is 0.814. The number of rotatable bonds is 5. The summed E-state index contributed by atoms with van der Waals surface area (Å²) >= 11 is 5.84. The molecule has 18 heavy (non-hydrogen) atoms. The van der Waals surface area contributed by atoms with E-state index in [2.05, 4.69) is 10.3 Å². The number of aromatic hydroxyl groups is 1. The Balaban J connectivity index is 1.82. The number of hydrogen-bond donors (Lipinski definition) is 2. The highest BCUT2D eigenvalue weighted by Gasteiger charge is 2.04. The summed E-state index contributed by atoms with van der Waals surface area (Å²) in [5.41, 5.74) is 0.808. The zero-order chi connectivity index (χ0) is 13.0. The second-order valence-corrected chi connectivity index (χ2v) is 4.54. The van der Waals surface area contributed by atoms with Gasteiger partial charge in [-0.3, -0.25) is 0 Å². The number of aryl methyl sites for hydroxylation is 1. The van der Waals surface area contributed by atoms with Gasteiger partial charge in [-0.25, -0.2) is 4.98 Å². The minimum atomic E-state index is 0.156. The monoisotopic (exact) mass is 265 g/mol. The van der Waals surface area contributed by atoms with Gasteiger partial charge in [-0.15, -0.1) is 0 Å². The first-order valence-corrected chi connectivity index (χ1v) is 6.19. The summed E-state index contributed by atoms with van der Waals surface area (Å²) in [4.78, 5) is 4.24. The summed E-state index contributed by atoms with van der Waals surface area (Å²) in [6.45, 7) is 1.40. The van der Waals surface area contributed by atoms with Crippen LogP contribution in [0.5, 0.6) is 5.75 Å². The molecule has 5 heteroatoms. The van der Waals surface area contributed by atoms with Gasteiger partial charge in [0.1, 0.15) is 11.6 Å². The standard InChI is InChI=1S/C13H16ClN3O/c1-17-8-7-16-12(17)5-6-15-9-10-3-2-4-11(14)13(10)18/h2-4,7-8,15,18H,5-6,9H2,1H3. The highest BCUT2D eigenvalue weighted by molar-refractivity contribution is 6.32. The molecule has 0 aliphatic heterocycles. The average Bonchev–Trinajstić information content (AvgIpc) is 2.76. The van der Waals surface area contributed by atoms with Crippen molar-refractivity contribution in [2.45, 2.75) is 13.0 Å². The molecule has 2 rings (SSSR count).